The van der Waals surface area contributed by atoms with E-state index in [-0.39, 0.29) is 28.0 Å². The van der Waals surface area contributed by atoms with Crippen molar-refractivity contribution in [2.24, 2.45) is 4.99 Å². The van der Waals surface area contributed by atoms with Crippen LogP contribution in [0.4, 0.5) is 11.6 Å². The fourth-order valence-electron chi connectivity index (χ4n) is 4.77. The minimum Gasteiger partial charge on any atom is -0.593 e. The molecule has 12 nitrogen and oxygen atoms in total. The molecule has 39 heavy (non-hydrogen) atoms. The van der Waals surface area contributed by atoms with Crippen molar-refractivity contribution in [3.05, 3.63) is 59.4 Å². The highest BCUT2D eigenvalue weighted by molar-refractivity contribution is 7.89. The molecule has 4 heterocycles. The lowest BCUT2D eigenvalue weighted by Gasteiger charge is -2.37. The third kappa shape index (κ3) is 4.96. The number of benzene rings is 2. The van der Waals surface area contributed by atoms with Gasteiger partial charge < -0.3 is 31.6 Å². The largest absolute Gasteiger partial charge is 0.593 e. The normalized spacial score (nSPS) is 18.8. The van der Waals surface area contributed by atoms with Gasteiger partial charge in [-0.1, -0.05) is 41.9 Å². The highest BCUT2D eigenvalue weighted by Crippen LogP contribution is 2.30. The molecule has 2 aliphatic rings. The maximum absolute atomic E-state index is 13.4. The molecule has 2 fully saturated rings. The summed E-state index contributed by atoms with van der Waals surface area (Å²) in [6.07, 6.45) is 1.41. The number of amides is 1. The summed E-state index contributed by atoms with van der Waals surface area (Å²) in [5.74, 6) is 0.220. The Morgan fingerprint density at radius 3 is 2.62 bits per heavy atom. The number of aromatic nitrogens is 4. The Labute approximate surface area is 231 Å². The van der Waals surface area contributed by atoms with Gasteiger partial charge in [0.2, 0.25) is 0 Å². The molecule has 2 saturated heterocycles. The molecular formula is C25H25ClN10O2S. The van der Waals surface area contributed by atoms with Crippen LogP contribution in [-0.2, 0) is 11.4 Å². The van der Waals surface area contributed by atoms with Crippen LogP contribution in [0.5, 0.6) is 0 Å². The van der Waals surface area contributed by atoms with Crippen molar-refractivity contribution in [3.63, 3.8) is 0 Å². The average molecular weight is 565 g/mol. The molecule has 2 aromatic heterocycles. The zero-order valence-corrected chi connectivity index (χ0v) is 22.2. The predicted octanol–water partition coefficient (Wildman–Crippen LogP) is 2.08. The summed E-state index contributed by atoms with van der Waals surface area (Å²) in [5.41, 5.74) is 13.5. The minimum atomic E-state index is -1.33. The third-order valence-electron chi connectivity index (χ3n) is 6.91. The SMILES string of the molecule is Nc1nc(N)c(C(=O)/N=C2\NCC3(CCN([S+]([O-])c4ccc5nc(-c6ccccc6)[nH]c5c4)CC3)N2)nc1Cl. The number of nitrogens with two attached hydrogens (primary N) is 2. The minimum absolute atomic E-state index is 0.0556. The lowest BCUT2D eigenvalue weighted by Crippen LogP contribution is -2.53. The summed E-state index contributed by atoms with van der Waals surface area (Å²) >= 11 is 4.55. The van der Waals surface area contributed by atoms with E-state index in [9.17, 15) is 9.35 Å². The van der Waals surface area contributed by atoms with E-state index in [0.29, 0.717) is 43.3 Å². The fraction of sp³-hybridized carbons (Fsp3) is 0.240. The summed E-state index contributed by atoms with van der Waals surface area (Å²) in [7, 11) is 0. The predicted molar refractivity (Wildman–Crippen MR) is 150 cm³/mol. The molecule has 4 aromatic rings. The first-order valence-corrected chi connectivity index (χ1v) is 13.7. The zero-order chi connectivity index (χ0) is 27.1. The molecule has 200 valence electrons. The molecule has 0 saturated carbocycles. The van der Waals surface area contributed by atoms with Gasteiger partial charge in [-0.15, -0.1) is 4.31 Å². The van der Waals surface area contributed by atoms with Crippen LogP contribution in [0.1, 0.15) is 23.3 Å². The van der Waals surface area contributed by atoms with Crippen LogP contribution in [0.3, 0.4) is 0 Å². The van der Waals surface area contributed by atoms with E-state index in [0.717, 1.165) is 22.4 Å². The number of hydrogen-bond donors (Lipinski definition) is 5. The average Bonchev–Trinajstić information content (AvgIpc) is 3.55. The van der Waals surface area contributed by atoms with Crippen molar-refractivity contribution in [1.29, 1.82) is 0 Å². The molecule has 14 heteroatoms. The summed E-state index contributed by atoms with van der Waals surface area (Å²) in [6, 6.07) is 15.5. The van der Waals surface area contributed by atoms with Crippen LogP contribution in [0, 0.1) is 0 Å². The number of imidazole rings is 1. The molecule has 1 unspecified atom stereocenters. The number of nitrogens with one attached hydrogen (secondary N) is 3. The van der Waals surface area contributed by atoms with E-state index in [1.54, 1.807) is 0 Å². The van der Waals surface area contributed by atoms with Crippen LogP contribution in [0.2, 0.25) is 5.15 Å². The number of guanidine groups is 1. The number of aromatic amines is 1. The molecule has 2 aliphatic heterocycles. The Balaban J connectivity index is 1.11. The van der Waals surface area contributed by atoms with E-state index in [1.165, 1.54) is 0 Å². The molecule has 1 amide bonds. The maximum atomic E-state index is 13.4. The smallest absolute Gasteiger partial charge is 0.302 e. The summed E-state index contributed by atoms with van der Waals surface area (Å²) in [4.78, 5) is 33.1. The molecule has 1 atom stereocenters. The molecule has 6 rings (SSSR count). The van der Waals surface area contributed by atoms with Crippen LogP contribution >= 0.6 is 11.6 Å². The van der Waals surface area contributed by atoms with Gasteiger partial charge >= 0.3 is 5.91 Å². The van der Waals surface area contributed by atoms with Crippen molar-refractivity contribution in [1.82, 2.24) is 34.9 Å². The molecule has 1 spiro atoms. The van der Waals surface area contributed by atoms with E-state index in [4.69, 9.17) is 23.1 Å². The van der Waals surface area contributed by atoms with Gasteiger partial charge in [0, 0.05) is 31.3 Å². The number of fused-ring (bicyclic) bond motifs is 1. The van der Waals surface area contributed by atoms with Crippen LogP contribution in [-0.4, -0.2) is 65.8 Å². The van der Waals surface area contributed by atoms with E-state index >= 15 is 0 Å². The highest BCUT2D eigenvalue weighted by Gasteiger charge is 2.42. The Hall–Kier alpha value is -3.91. The Bertz CT molecular complexity index is 1590. The molecule has 0 bridgehead atoms. The zero-order valence-electron chi connectivity index (χ0n) is 20.6. The van der Waals surface area contributed by atoms with Crippen LogP contribution < -0.4 is 22.1 Å². The second-order valence-electron chi connectivity index (χ2n) is 9.47. The van der Waals surface area contributed by atoms with Crippen molar-refractivity contribution in [3.8, 4) is 11.4 Å². The van der Waals surface area contributed by atoms with Gasteiger partial charge in [0.1, 0.15) is 5.82 Å². The van der Waals surface area contributed by atoms with Crippen molar-refractivity contribution in [2.75, 3.05) is 31.1 Å². The van der Waals surface area contributed by atoms with E-state index < -0.39 is 17.3 Å². The number of hydrogen-bond acceptors (Lipinski definition) is 8. The molecule has 2 aromatic carbocycles. The monoisotopic (exact) mass is 564 g/mol. The lowest BCUT2D eigenvalue weighted by molar-refractivity contribution is 0.0998. The van der Waals surface area contributed by atoms with Gasteiger partial charge in [-0.25, -0.2) is 15.0 Å². The number of H-pyrrole nitrogens is 1. The Morgan fingerprint density at radius 2 is 1.85 bits per heavy atom. The Kier molecular flexibility index (Phi) is 6.51. The number of nitrogen functional groups attached to an aromatic ring is 2. The van der Waals surface area contributed by atoms with Gasteiger partial charge in [-0.3, -0.25) is 4.79 Å². The number of carbonyl (C=O) groups excluding carboxylic acids is 1. The van der Waals surface area contributed by atoms with E-state index in [1.807, 2.05) is 52.8 Å². The van der Waals surface area contributed by atoms with Gasteiger partial charge in [0.05, 0.1) is 27.9 Å². The summed E-state index contributed by atoms with van der Waals surface area (Å²) in [5, 5.41) is 6.36. The van der Waals surface area contributed by atoms with Crippen molar-refractivity contribution in [2.45, 2.75) is 23.3 Å². The Morgan fingerprint density at radius 1 is 1.08 bits per heavy atom. The van der Waals surface area contributed by atoms with Gasteiger partial charge in [0.15, 0.2) is 33.3 Å². The number of nitrogens with zero attached hydrogens (tertiary/aromatic N) is 5. The highest BCUT2D eigenvalue weighted by atomic mass is 35.5. The van der Waals surface area contributed by atoms with Crippen molar-refractivity contribution < 1.29 is 9.35 Å². The number of carbonyl (C=O) groups is 1. The van der Waals surface area contributed by atoms with Gasteiger partial charge in [-0.05, 0) is 25.0 Å². The summed E-state index contributed by atoms with van der Waals surface area (Å²) in [6.45, 7) is 1.78. The molecule has 7 N–H and O–H groups in total. The molecule has 0 aliphatic carbocycles. The second kappa shape index (κ2) is 10.0. The van der Waals surface area contributed by atoms with Crippen LogP contribution in [0.25, 0.3) is 22.4 Å². The first-order valence-electron chi connectivity index (χ1n) is 12.3. The van der Waals surface area contributed by atoms with E-state index in [2.05, 4.69) is 35.6 Å². The first kappa shape index (κ1) is 25.4. The quantitative estimate of drug-likeness (QED) is 0.230. The third-order valence-corrected chi connectivity index (χ3v) is 8.68. The standard InChI is InChI=1S/C25H25ClN10O2S/c26-19-21(28)33-20(27)18(32-19)23(37)34-24-29-13-25(35-24)8-10-36(11-9-25)39(38)15-6-7-16-17(12-15)31-22(30-16)14-4-2-1-3-5-14/h1-7,12H,8-11,13H2,(H,30,31)(H4,27,28,33)(H2,29,34,35,37). The fourth-order valence-corrected chi connectivity index (χ4v) is 6.12. The number of piperidine rings is 1. The molecular weight excluding hydrogens is 540 g/mol. The number of aliphatic imine (C=N–C) groups is 1. The van der Waals surface area contributed by atoms with Gasteiger partial charge in [-0.2, -0.15) is 4.99 Å². The molecule has 0 radical (unpaired) electrons. The topological polar surface area (TPSA) is 186 Å². The first-order chi connectivity index (χ1) is 18.8. The van der Waals surface area contributed by atoms with Crippen LogP contribution in [0.15, 0.2) is 58.4 Å². The van der Waals surface area contributed by atoms with Crippen molar-refractivity contribution >= 4 is 57.5 Å². The summed E-state index contributed by atoms with van der Waals surface area (Å²) < 4.78 is 15.4. The number of rotatable bonds is 4. The number of halogens is 1. The number of anilines is 2. The maximum Gasteiger partial charge on any atom is 0.302 e. The van der Waals surface area contributed by atoms with Gasteiger partial charge in [0.25, 0.3) is 0 Å². The lowest BCUT2D eigenvalue weighted by atomic mass is 9.90. The second-order valence-corrected chi connectivity index (χ2v) is 11.3.